The molecule has 0 aliphatic carbocycles. The van der Waals surface area contributed by atoms with Crippen LogP contribution in [-0.2, 0) is 17.7 Å². The zero-order valence-electron chi connectivity index (χ0n) is 20.2. The number of nitrogens with one attached hydrogen (secondary N) is 1. The molecule has 3 aliphatic rings. The largest absolute Gasteiger partial charge is 0.383 e. The van der Waals surface area contributed by atoms with Crippen LogP contribution in [0.25, 0.3) is 22.3 Å². The van der Waals surface area contributed by atoms with E-state index in [1.807, 2.05) is 24.3 Å². The third-order valence-electron chi connectivity index (χ3n) is 7.43. The van der Waals surface area contributed by atoms with Crippen LogP contribution in [0, 0.1) is 5.95 Å². The summed E-state index contributed by atoms with van der Waals surface area (Å²) in [5, 5.41) is 2.86. The van der Waals surface area contributed by atoms with Crippen molar-refractivity contribution in [1.29, 1.82) is 0 Å². The lowest BCUT2D eigenvalue weighted by molar-refractivity contribution is 0.0946. The molecule has 0 unspecified atom stereocenters. The van der Waals surface area contributed by atoms with Crippen LogP contribution in [0.2, 0.25) is 0 Å². The number of likely N-dealkylation sites (tertiary alicyclic amines) is 1. The number of pyridine rings is 1. The Bertz CT molecular complexity index is 1320. The number of ether oxygens (including phenoxy) is 1. The highest BCUT2D eigenvalue weighted by Crippen LogP contribution is 2.35. The van der Waals surface area contributed by atoms with Crippen LogP contribution in [0.1, 0.15) is 27.9 Å². The molecule has 2 saturated heterocycles. The van der Waals surface area contributed by atoms with Gasteiger partial charge < -0.3 is 20.7 Å². The fraction of sp³-hybridized carbons (Fsp3) is 0.357. The van der Waals surface area contributed by atoms with E-state index in [2.05, 4.69) is 32.2 Å². The number of nitrogens with two attached hydrogens (primary N) is 1. The van der Waals surface area contributed by atoms with Gasteiger partial charge >= 0.3 is 0 Å². The molecule has 36 heavy (non-hydrogen) atoms. The summed E-state index contributed by atoms with van der Waals surface area (Å²) in [5.41, 5.74) is 12.9. The lowest BCUT2D eigenvalue weighted by Crippen LogP contribution is -2.39. The summed E-state index contributed by atoms with van der Waals surface area (Å²) in [6.45, 7) is 6.75. The van der Waals surface area contributed by atoms with Gasteiger partial charge in [-0.25, -0.2) is 4.98 Å². The molecule has 0 atom stereocenters. The quantitative estimate of drug-likeness (QED) is 0.537. The molecular weight excluding hydrogens is 457 g/mol. The van der Waals surface area contributed by atoms with Gasteiger partial charge in [-0.2, -0.15) is 4.39 Å². The Labute approximate surface area is 210 Å². The van der Waals surface area contributed by atoms with E-state index >= 15 is 4.39 Å². The number of nitrogens with zero attached hydrogens (tertiary/aromatic N) is 3. The Kier molecular flexibility index (Phi) is 6.07. The van der Waals surface area contributed by atoms with Crippen molar-refractivity contribution >= 4 is 17.4 Å². The molecule has 0 radical (unpaired) electrons. The minimum atomic E-state index is -0.581. The summed E-state index contributed by atoms with van der Waals surface area (Å²) in [5.74, 6) is -0.506. The zero-order chi connectivity index (χ0) is 24.6. The van der Waals surface area contributed by atoms with Crippen LogP contribution >= 0.6 is 0 Å². The van der Waals surface area contributed by atoms with Crippen LogP contribution in [0.5, 0.6) is 0 Å². The lowest BCUT2D eigenvalue weighted by atomic mass is 9.93. The van der Waals surface area contributed by atoms with Gasteiger partial charge in [-0.1, -0.05) is 18.2 Å². The van der Waals surface area contributed by atoms with Crippen molar-refractivity contribution < 1.29 is 13.9 Å². The molecule has 7 nitrogen and oxygen atoms in total. The van der Waals surface area contributed by atoms with Gasteiger partial charge in [0.1, 0.15) is 5.82 Å². The van der Waals surface area contributed by atoms with E-state index in [-0.39, 0.29) is 11.7 Å². The van der Waals surface area contributed by atoms with Gasteiger partial charge in [-0.3, -0.25) is 9.69 Å². The minimum Gasteiger partial charge on any atom is -0.383 e. The van der Waals surface area contributed by atoms with E-state index < -0.39 is 5.95 Å². The predicted molar refractivity (Wildman–Crippen MR) is 138 cm³/mol. The monoisotopic (exact) mass is 487 g/mol. The van der Waals surface area contributed by atoms with Gasteiger partial charge in [0.2, 0.25) is 5.95 Å². The van der Waals surface area contributed by atoms with Crippen molar-refractivity contribution in [3.8, 4) is 22.3 Å². The van der Waals surface area contributed by atoms with Gasteiger partial charge in [0.05, 0.1) is 13.2 Å². The Morgan fingerprint density at radius 2 is 1.75 bits per heavy atom. The zero-order valence-corrected chi connectivity index (χ0v) is 20.2. The number of morpholine rings is 1. The van der Waals surface area contributed by atoms with Crippen molar-refractivity contribution in [3.05, 3.63) is 65.1 Å². The summed E-state index contributed by atoms with van der Waals surface area (Å²) in [4.78, 5) is 21.0. The first-order chi connectivity index (χ1) is 17.6. The van der Waals surface area contributed by atoms with Gasteiger partial charge in [-0.15, -0.1) is 0 Å². The van der Waals surface area contributed by atoms with Crippen LogP contribution in [0.4, 0.5) is 15.9 Å². The van der Waals surface area contributed by atoms with Gasteiger partial charge in [0.25, 0.3) is 5.91 Å². The van der Waals surface area contributed by atoms with Crippen molar-refractivity contribution in [2.24, 2.45) is 0 Å². The van der Waals surface area contributed by atoms with Crippen molar-refractivity contribution in [3.63, 3.8) is 0 Å². The first-order valence-corrected chi connectivity index (χ1v) is 12.6. The number of rotatable bonds is 5. The summed E-state index contributed by atoms with van der Waals surface area (Å²) in [6.07, 6.45) is 1.97. The summed E-state index contributed by atoms with van der Waals surface area (Å²) < 4.78 is 20.7. The smallest absolute Gasteiger partial charge is 0.251 e. The first-order valence-electron chi connectivity index (χ1n) is 12.6. The van der Waals surface area contributed by atoms with E-state index in [1.165, 1.54) is 17.7 Å². The Hall–Kier alpha value is -3.49. The molecule has 1 aromatic heterocycles. The molecule has 2 aromatic carbocycles. The molecule has 1 amide bonds. The highest BCUT2D eigenvalue weighted by molar-refractivity contribution is 5.97. The second-order valence-corrected chi connectivity index (χ2v) is 9.71. The van der Waals surface area contributed by atoms with Gasteiger partial charge in [-0.05, 0) is 72.5 Å². The Balaban J connectivity index is 1.39. The van der Waals surface area contributed by atoms with Crippen LogP contribution in [-0.4, -0.2) is 61.7 Å². The van der Waals surface area contributed by atoms with E-state index in [4.69, 9.17) is 10.5 Å². The maximum Gasteiger partial charge on any atom is 0.251 e. The molecule has 3 aromatic rings. The molecule has 3 aliphatic heterocycles. The average Bonchev–Trinajstić information content (AvgIpc) is 2.87. The second kappa shape index (κ2) is 9.52. The number of benzene rings is 2. The van der Waals surface area contributed by atoms with Crippen molar-refractivity contribution in [1.82, 2.24) is 15.2 Å². The average molecular weight is 488 g/mol. The van der Waals surface area contributed by atoms with E-state index in [0.717, 1.165) is 55.8 Å². The highest BCUT2D eigenvalue weighted by Gasteiger charge is 2.22. The Morgan fingerprint density at radius 1 is 0.972 bits per heavy atom. The molecule has 0 spiro atoms. The van der Waals surface area contributed by atoms with Crippen molar-refractivity contribution in [2.45, 2.75) is 19.4 Å². The molecule has 2 fully saturated rings. The highest BCUT2D eigenvalue weighted by atomic mass is 19.1. The number of halogens is 1. The summed E-state index contributed by atoms with van der Waals surface area (Å²) in [6, 6.07) is 13.6. The lowest BCUT2D eigenvalue weighted by Gasteiger charge is -2.35. The standard InChI is InChI=1S/C28H30FN5O2/c29-26-23(16-24(27(30)32-26)19-2-4-22-20(14-19)6-7-31-28(22)35)18-3-5-25(34-10-12-36-13-11-34)21(15-18)17-33-8-1-9-33/h2-5,14-16H,1,6-13,17H2,(H2,30,32)(H,31,35). The maximum absolute atomic E-state index is 15.2. The fourth-order valence-electron chi connectivity index (χ4n) is 5.31. The van der Waals surface area contributed by atoms with E-state index in [0.29, 0.717) is 36.4 Å². The summed E-state index contributed by atoms with van der Waals surface area (Å²) in [7, 11) is 0. The molecule has 3 N–H and O–H groups in total. The summed E-state index contributed by atoms with van der Waals surface area (Å²) >= 11 is 0. The third-order valence-corrected chi connectivity index (χ3v) is 7.43. The number of hydrogen-bond donors (Lipinski definition) is 2. The molecule has 8 heteroatoms. The fourth-order valence-corrected chi connectivity index (χ4v) is 5.31. The Morgan fingerprint density at radius 3 is 2.53 bits per heavy atom. The minimum absolute atomic E-state index is 0.0659. The van der Waals surface area contributed by atoms with Crippen LogP contribution in [0.15, 0.2) is 42.5 Å². The second-order valence-electron chi connectivity index (χ2n) is 9.71. The van der Waals surface area contributed by atoms with Crippen LogP contribution in [0.3, 0.4) is 0 Å². The maximum atomic E-state index is 15.2. The topological polar surface area (TPSA) is 83.7 Å². The number of amides is 1. The number of nitrogen functional groups attached to an aromatic ring is 1. The number of aromatic nitrogens is 1. The number of hydrogen-bond acceptors (Lipinski definition) is 6. The molecule has 0 bridgehead atoms. The van der Waals surface area contributed by atoms with E-state index in [9.17, 15) is 4.79 Å². The molecule has 0 saturated carbocycles. The van der Waals surface area contributed by atoms with Crippen molar-refractivity contribution in [2.75, 3.05) is 56.6 Å². The number of fused-ring (bicyclic) bond motifs is 1. The predicted octanol–water partition coefficient (Wildman–Crippen LogP) is 3.47. The molecule has 186 valence electrons. The van der Waals surface area contributed by atoms with Gasteiger partial charge in [0, 0.05) is 48.6 Å². The SMILES string of the molecule is Nc1nc(F)c(-c2ccc(N3CCOCC3)c(CN3CCC3)c2)cc1-c1ccc2c(c1)CCNC2=O. The molecular formula is C28H30FN5O2. The number of carbonyl (C=O) groups is 1. The normalized spacial score (nSPS) is 17.9. The number of anilines is 2. The van der Waals surface area contributed by atoms with E-state index in [1.54, 1.807) is 6.07 Å². The molecule has 4 heterocycles. The molecule has 6 rings (SSSR count). The van der Waals surface area contributed by atoms with Gasteiger partial charge in [0.15, 0.2) is 0 Å². The third kappa shape index (κ3) is 4.31. The number of carbonyl (C=O) groups excluding carboxylic acids is 1. The first kappa shape index (κ1) is 22.9. The van der Waals surface area contributed by atoms with Crippen LogP contribution < -0.4 is 16.0 Å².